The van der Waals surface area contributed by atoms with E-state index in [4.69, 9.17) is 5.73 Å². The van der Waals surface area contributed by atoms with Gasteiger partial charge >= 0.3 is 0 Å². The zero-order chi connectivity index (χ0) is 11.0. The van der Waals surface area contributed by atoms with Gasteiger partial charge < -0.3 is 15.5 Å². The standard InChI is InChI=1S/C10H16N5/c1-14(2)10-12-8-6-15(3)5-4-7(8)9(11)13-10/h3-6H2,1-2H3,(H2,11,12,13)/q-1. The summed E-state index contributed by atoms with van der Waals surface area (Å²) in [5, 5.41) is 0. The first kappa shape index (κ1) is 10.2. The lowest BCUT2D eigenvalue weighted by Crippen LogP contribution is -2.28. The Hall–Kier alpha value is -1.36. The molecule has 0 saturated carbocycles. The van der Waals surface area contributed by atoms with Gasteiger partial charge in [-0.2, -0.15) is 4.98 Å². The van der Waals surface area contributed by atoms with Crippen molar-refractivity contribution >= 4 is 11.8 Å². The molecule has 2 rings (SSSR count). The lowest BCUT2D eigenvalue weighted by atomic mass is 10.1. The zero-order valence-corrected chi connectivity index (χ0v) is 9.19. The molecule has 1 aliphatic rings. The SMILES string of the molecule is [CH2-]N1CCc2c(N)nc(N(C)C)nc2C1. The molecule has 1 aromatic rings. The van der Waals surface area contributed by atoms with Gasteiger partial charge in [0.25, 0.3) is 0 Å². The minimum Gasteiger partial charge on any atom is -0.454 e. The minimum absolute atomic E-state index is 0.608. The third-order valence-electron chi connectivity index (χ3n) is 2.56. The van der Waals surface area contributed by atoms with Crippen LogP contribution in [-0.4, -0.2) is 35.5 Å². The topological polar surface area (TPSA) is 58.3 Å². The van der Waals surface area contributed by atoms with Crippen LogP contribution in [0.4, 0.5) is 11.8 Å². The number of hydrogen-bond donors (Lipinski definition) is 1. The van der Waals surface area contributed by atoms with Crippen LogP contribution in [0.3, 0.4) is 0 Å². The van der Waals surface area contributed by atoms with Crippen LogP contribution in [0.2, 0.25) is 0 Å². The fraction of sp³-hybridized carbons (Fsp3) is 0.500. The van der Waals surface area contributed by atoms with Crippen LogP contribution in [0, 0.1) is 7.05 Å². The summed E-state index contributed by atoms with van der Waals surface area (Å²) in [4.78, 5) is 12.6. The predicted octanol–water partition coefficient (Wildman–Crippen LogP) is 0.274. The smallest absolute Gasteiger partial charge is 0.227 e. The lowest BCUT2D eigenvalue weighted by Gasteiger charge is -2.31. The lowest BCUT2D eigenvalue weighted by molar-refractivity contribution is 0.341. The summed E-state index contributed by atoms with van der Waals surface area (Å²) in [6.45, 7) is 1.67. The Kier molecular flexibility index (Phi) is 2.48. The summed E-state index contributed by atoms with van der Waals surface area (Å²) in [7, 11) is 7.74. The van der Waals surface area contributed by atoms with Gasteiger partial charge in [-0.15, -0.1) is 0 Å². The average molecular weight is 206 g/mol. The monoisotopic (exact) mass is 206 g/mol. The highest BCUT2D eigenvalue weighted by Gasteiger charge is 2.17. The van der Waals surface area contributed by atoms with Gasteiger partial charge in [0.05, 0.1) is 5.69 Å². The molecule has 5 nitrogen and oxygen atoms in total. The van der Waals surface area contributed by atoms with Crippen molar-refractivity contribution in [2.75, 3.05) is 31.3 Å². The van der Waals surface area contributed by atoms with Crippen LogP contribution in [-0.2, 0) is 13.0 Å². The molecule has 0 saturated heterocycles. The molecule has 0 aromatic carbocycles. The number of nitrogens with two attached hydrogens (primary N) is 1. The van der Waals surface area contributed by atoms with Gasteiger partial charge in [0.15, 0.2) is 0 Å². The second-order valence-corrected chi connectivity index (χ2v) is 4.03. The molecule has 0 aliphatic carbocycles. The zero-order valence-electron chi connectivity index (χ0n) is 9.19. The number of hydrogen-bond acceptors (Lipinski definition) is 5. The average Bonchev–Trinajstić information content (AvgIpc) is 2.16. The summed E-state index contributed by atoms with van der Waals surface area (Å²) < 4.78 is 0. The Balaban J connectivity index is 2.44. The first-order valence-electron chi connectivity index (χ1n) is 4.96. The molecule has 1 aliphatic heterocycles. The van der Waals surface area contributed by atoms with Gasteiger partial charge in [0.1, 0.15) is 5.82 Å². The molecule has 0 bridgehead atoms. The molecule has 5 heteroatoms. The third kappa shape index (κ3) is 1.87. The molecule has 0 radical (unpaired) electrons. The van der Waals surface area contributed by atoms with Gasteiger partial charge in [-0.05, 0) is 13.0 Å². The molecule has 15 heavy (non-hydrogen) atoms. The highest BCUT2D eigenvalue weighted by Crippen LogP contribution is 2.22. The molecule has 2 N–H and O–H groups in total. The van der Waals surface area contributed by atoms with E-state index >= 15 is 0 Å². The Labute approximate surface area is 89.9 Å². The Morgan fingerprint density at radius 2 is 2.13 bits per heavy atom. The van der Waals surface area contributed by atoms with E-state index in [1.807, 2.05) is 23.9 Å². The number of nitrogens with zero attached hydrogens (tertiary/aromatic N) is 4. The fourth-order valence-corrected chi connectivity index (χ4v) is 1.70. The van der Waals surface area contributed by atoms with E-state index in [2.05, 4.69) is 17.0 Å². The molecule has 0 atom stereocenters. The van der Waals surface area contributed by atoms with Crippen LogP contribution < -0.4 is 10.6 Å². The second kappa shape index (κ2) is 3.66. The molecule has 2 heterocycles. The molecule has 0 unspecified atom stereocenters. The van der Waals surface area contributed by atoms with Gasteiger partial charge in [-0.1, -0.05) is 0 Å². The fourth-order valence-electron chi connectivity index (χ4n) is 1.70. The highest BCUT2D eigenvalue weighted by atomic mass is 15.2. The molecule has 0 fully saturated rings. The van der Waals surface area contributed by atoms with Crippen molar-refractivity contribution in [2.24, 2.45) is 0 Å². The van der Waals surface area contributed by atoms with Crippen molar-refractivity contribution < 1.29 is 0 Å². The minimum atomic E-state index is 0.608. The summed E-state index contributed by atoms with van der Waals surface area (Å²) in [5.41, 5.74) is 8.00. The molecular weight excluding hydrogens is 190 g/mol. The third-order valence-corrected chi connectivity index (χ3v) is 2.56. The van der Waals surface area contributed by atoms with Crippen LogP contribution in [0.5, 0.6) is 0 Å². The Morgan fingerprint density at radius 3 is 2.80 bits per heavy atom. The normalized spacial score (nSPS) is 16.2. The number of fused-ring (bicyclic) bond motifs is 1. The highest BCUT2D eigenvalue weighted by molar-refractivity contribution is 5.48. The Bertz CT molecular complexity index is 374. The molecular formula is C10H16N5-. The maximum atomic E-state index is 5.91. The Morgan fingerprint density at radius 1 is 1.40 bits per heavy atom. The van der Waals surface area contributed by atoms with Crippen molar-refractivity contribution in [3.8, 4) is 0 Å². The van der Waals surface area contributed by atoms with Gasteiger partial charge in [0.2, 0.25) is 5.95 Å². The van der Waals surface area contributed by atoms with E-state index in [1.165, 1.54) is 0 Å². The van der Waals surface area contributed by atoms with Gasteiger partial charge in [0, 0.05) is 26.2 Å². The van der Waals surface area contributed by atoms with Crippen LogP contribution in [0.1, 0.15) is 11.3 Å². The van der Waals surface area contributed by atoms with Crippen LogP contribution in [0.15, 0.2) is 0 Å². The maximum absolute atomic E-state index is 5.91. The van der Waals surface area contributed by atoms with Crippen molar-refractivity contribution in [3.05, 3.63) is 18.3 Å². The molecule has 1 aromatic heterocycles. The number of anilines is 2. The van der Waals surface area contributed by atoms with E-state index in [0.29, 0.717) is 11.8 Å². The summed E-state index contributed by atoms with van der Waals surface area (Å²) in [5.74, 6) is 1.28. The second-order valence-electron chi connectivity index (χ2n) is 4.03. The quantitative estimate of drug-likeness (QED) is 0.669. The van der Waals surface area contributed by atoms with Crippen molar-refractivity contribution in [3.63, 3.8) is 0 Å². The number of nitrogen functional groups attached to an aromatic ring is 1. The van der Waals surface area contributed by atoms with E-state index in [9.17, 15) is 0 Å². The van der Waals surface area contributed by atoms with E-state index < -0.39 is 0 Å². The van der Waals surface area contributed by atoms with Crippen molar-refractivity contribution in [1.82, 2.24) is 14.9 Å². The molecule has 82 valence electrons. The largest absolute Gasteiger partial charge is 0.454 e. The van der Waals surface area contributed by atoms with E-state index in [0.717, 1.165) is 30.8 Å². The summed E-state index contributed by atoms with van der Waals surface area (Å²) in [6.07, 6.45) is 0.887. The van der Waals surface area contributed by atoms with Crippen molar-refractivity contribution in [1.29, 1.82) is 0 Å². The van der Waals surface area contributed by atoms with E-state index in [-0.39, 0.29) is 0 Å². The van der Waals surface area contributed by atoms with Crippen LogP contribution >= 0.6 is 0 Å². The van der Waals surface area contributed by atoms with Crippen LogP contribution in [0.25, 0.3) is 0 Å². The first-order chi connectivity index (χ1) is 7.08. The van der Waals surface area contributed by atoms with Gasteiger partial charge in [-0.3, -0.25) is 7.05 Å². The summed E-state index contributed by atoms with van der Waals surface area (Å²) >= 11 is 0. The van der Waals surface area contributed by atoms with Gasteiger partial charge in [-0.25, -0.2) is 4.98 Å². The molecule has 0 amide bonds. The molecule has 0 spiro atoms. The number of rotatable bonds is 1. The van der Waals surface area contributed by atoms with Crippen molar-refractivity contribution in [2.45, 2.75) is 13.0 Å². The van der Waals surface area contributed by atoms with E-state index in [1.54, 1.807) is 0 Å². The maximum Gasteiger partial charge on any atom is 0.227 e. The summed E-state index contributed by atoms with van der Waals surface area (Å²) in [6, 6.07) is 0. The number of aromatic nitrogens is 2. The predicted molar refractivity (Wildman–Crippen MR) is 60.2 cm³/mol. The first-order valence-corrected chi connectivity index (χ1v) is 4.96.